The van der Waals surface area contributed by atoms with E-state index in [0.717, 1.165) is 17.1 Å². The van der Waals surface area contributed by atoms with Crippen molar-refractivity contribution in [1.82, 2.24) is 9.97 Å². The molecule has 2 aromatic heterocycles. The van der Waals surface area contributed by atoms with Crippen LogP contribution in [0.3, 0.4) is 0 Å². The molecular formula is C17H14F3N3O. The Hall–Kier alpha value is -2.83. The van der Waals surface area contributed by atoms with E-state index in [2.05, 4.69) is 9.97 Å². The van der Waals surface area contributed by atoms with Gasteiger partial charge in [-0.15, -0.1) is 0 Å². The smallest absolute Gasteiger partial charge is 0.433 e. The van der Waals surface area contributed by atoms with Crippen LogP contribution in [-0.4, -0.2) is 22.1 Å². The van der Waals surface area contributed by atoms with E-state index in [0.29, 0.717) is 11.2 Å². The van der Waals surface area contributed by atoms with Crippen molar-refractivity contribution in [3.8, 4) is 5.75 Å². The zero-order chi connectivity index (χ0) is 17.3. The number of hydrogen-bond acceptors (Lipinski definition) is 4. The van der Waals surface area contributed by atoms with Crippen LogP contribution < -0.4 is 4.90 Å². The van der Waals surface area contributed by atoms with Crippen LogP contribution in [0.2, 0.25) is 0 Å². The van der Waals surface area contributed by atoms with Gasteiger partial charge in [0.05, 0.1) is 17.8 Å². The molecular weight excluding hydrogens is 319 g/mol. The summed E-state index contributed by atoms with van der Waals surface area (Å²) in [4.78, 5) is 9.66. The van der Waals surface area contributed by atoms with Crippen molar-refractivity contribution in [2.24, 2.45) is 0 Å². The van der Waals surface area contributed by atoms with Crippen LogP contribution in [0, 0.1) is 0 Å². The Balaban J connectivity index is 1.92. The molecule has 1 aromatic carbocycles. The van der Waals surface area contributed by atoms with E-state index in [1.807, 2.05) is 0 Å². The van der Waals surface area contributed by atoms with Crippen molar-refractivity contribution in [2.75, 3.05) is 11.9 Å². The molecule has 24 heavy (non-hydrogen) atoms. The normalized spacial score (nSPS) is 11.7. The lowest BCUT2D eigenvalue weighted by molar-refractivity contribution is -0.141. The first kappa shape index (κ1) is 16.0. The molecule has 0 bridgehead atoms. The van der Waals surface area contributed by atoms with E-state index in [9.17, 15) is 18.3 Å². The number of hydrogen-bond donors (Lipinski definition) is 1. The van der Waals surface area contributed by atoms with E-state index < -0.39 is 11.9 Å². The summed E-state index contributed by atoms with van der Waals surface area (Å²) in [6.45, 7) is 0.212. The van der Waals surface area contributed by atoms with Crippen LogP contribution in [0.5, 0.6) is 5.75 Å². The Morgan fingerprint density at radius 1 is 1.12 bits per heavy atom. The van der Waals surface area contributed by atoms with Crippen LogP contribution >= 0.6 is 0 Å². The molecule has 2 heterocycles. The molecule has 0 aliphatic rings. The Morgan fingerprint density at radius 3 is 2.67 bits per heavy atom. The summed E-state index contributed by atoms with van der Waals surface area (Å²) in [6, 6.07) is 10.4. The topological polar surface area (TPSA) is 49.2 Å². The number of phenols is 1. The number of fused-ring (bicyclic) bond motifs is 1. The van der Waals surface area contributed by atoms with Crippen LogP contribution in [-0.2, 0) is 12.7 Å². The number of halogens is 3. The Kier molecular flexibility index (Phi) is 4.01. The molecule has 124 valence electrons. The van der Waals surface area contributed by atoms with E-state index in [1.165, 1.54) is 12.1 Å². The van der Waals surface area contributed by atoms with Gasteiger partial charge in [0, 0.05) is 30.4 Å². The zero-order valence-electron chi connectivity index (χ0n) is 12.7. The maximum atomic E-state index is 12.8. The molecule has 0 fully saturated rings. The standard InChI is InChI=1S/C17H14F3N3O/c1-23(10-11-3-2-4-16(22-11)17(18,19)20)15-7-8-21-14-9-12(24)5-6-13(14)15/h2-9,24H,10H2,1H3. The first-order valence-electron chi connectivity index (χ1n) is 7.16. The highest BCUT2D eigenvalue weighted by Crippen LogP contribution is 2.29. The molecule has 3 aromatic rings. The highest BCUT2D eigenvalue weighted by atomic mass is 19.4. The van der Waals surface area contributed by atoms with Gasteiger partial charge in [-0.1, -0.05) is 6.07 Å². The number of rotatable bonds is 3. The average Bonchev–Trinajstić information content (AvgIpc) is 2.53. The van der Waals surface area contributed by atoms with Crippen molar-refractivity contribution in [3.05, 3.63) is 60.0 Å². The lowest BCUT2D eigenvalue weighted by Crippen LogP contribution is -2.19. The Labute approximate surface area is 136 Å². The second kappa shape index (κ2) is 5.99. The summed E-state index contributed by atoms with van der Waals surface area (Å²) >= 11 is 0. The highest BCUT2D eigenvalue weighted by Gasteiger charge is 2.32. The molecule has 0 amide bonds. The van der Waals surface area contributed by atoms with Crippen molar-refractivity contribution in [1.29, 1.82) is 0 Å². The minimum absolute atomic E-state index is 0.106. The highest BCUT2D eigenvalue weighted by molar-refractivity contribution is 5.92. The Morgan fingerprint density at radius 2 is 1.92 bits per heavy atom. The summed E-state index contributed by atoms with van der Waals surface area (Å²) in [7, 11) is 1.77. The summed E-state index contributed by atoms with van der Waals surface area (Å²) in [5, 5.41) is 10.3. The molecule has 1 N–H and O–H groups in total. The summed E-state index contributed by atoms with van der Waals surface area (Å²) in [6.07, 6.45) is -2.87. The number of alkyl halides is 3. The molecule has 0 saturated carbocycles. The maximum Gasteiger partial charge on any atom is 0.433 e. The molecule has 7 heteroatoms. The van der Waals surface area contributed by atoms with Gasteiger partial charge in [-0.3, -0.25) is 4.98 Å². The first-order chi connectivity index (χ1) is 11.3. The van der Waals surface area contributed by atoms with E-state index in [4.69, 9.17) is 0 Å². The summed E-state index contributed by atoms with van der Waals surface area (Å²) in [5.74, 6) is 0.106. The van der Waals surface area contributed by atoms with Gasteiger partial charge in [-0.05, 0) is 30.3 Å². The van der Waals surface area contributed by atoms with Gasteiger partial charge in [0.25, 0.3) is 0 Å². The second-order valence-electron chi connectivity index (χ2n) is 5.40. The van der Waals surface area contributed by atoms with Crippen molar-refractivity contribution in [2.45, 2.75) is 12.7 Å². The quantitative estimate of drug-likeness (QED) is 0.787. The number of aromatic hydroxyl groups is 1. The van der Waals surface area contributed by atoms with E-state index >= 15 is 0 Å². The van der Waals surface area contributed by atoms with Crippen LogP contribution in [0.4, 0.5) is 18.9 Å². The number of benzene rings is 1. The third-order valence-electron chi connectivity index (χ3n) is 3.61. The molecule has 3 rings (SSSR count). The summed E-state index contributed by atoms with van der Waals surface area (Å²) in [5.41, 5.74) is 0.810. The fraction of sp³-hybridized carbons (Fsp3) is 0.176. The molecule has 0 spiro atoms. The Bertz CT molecular complexity index is 880. The fourth-order valence-corrected chi connectivity index (χ4v) is 2.51. The molecule has 4 nitrogen and oxygen atoms in total. The average molecular weight is 333 g/mol. The fourth-order valence-electron chi connectivity index (χ4n) is 2.51. The minimum Gasteiger partial charge on any atom is -0.508 e. The molecule has 0 aliphatic carbocycles. The lowest BCUT2D eigenvalue weighted by atomic mass is 10.1. The second-order valence-corrected chi connectivity index (χ2v) is 5.40. The molecule has 0 saturated heterocycles. The third-order valence-corrected chi connectivity index (χ3v) is 3.61. The van der Waals surface area contributed by atoms with Crippen molar-refractivity contribution < 1.29 is 18.3 Å². The SMILES string of the molecule is CN(Cc1cccc(C(F)(F)F)n1)c1ccnc2cc(O)ccc12. The molecule has 0 aliphatic heterocycles. The van der Waals surface area contributed by atoms with E-state index in [-0.39, 0.29) is 12.3 Å². The number of phenolic OH excluding ortho intramolecular Hbond substituents is 1. The van der Waals surface area contributed by atoms with E-state index in [1.54, 1.807) is 42.4 Å². The zero-order valence-corrected chi connectivity index (χ0v) is 12.7. The van der Waals surface area contributed by atoms with Gasteiger partial charge in [-0.2, -0.15) is 13.2 Å². The van der Waals surface area contributed by atoms with Crippen LogP contribution in [0.1, 0.15) is 11.4 Å². The van der Waals surface area contributed by atoms with Crippen LogP contribution in [0.15, 0.2) is 48.7 Å². The number of pyridine rings is 2. The minimum atomic E-state index is -4.46. The van der Waals surface area contributed by atoms with Gasteiger partial charge < -0.3 is 10.0 Å². The number of nitrogens with zero attached hydrogens (tertiary/aromatic N) is 3. The maximum absolute atomic E-state index is 12.8. The third kappa shape index (κ3) is 3.24. The monoisotopic (exact) mass is 333 g/mol. The lowest BCUT2D eigenvalue weighted by Gasteiger charge is -2.21. The van der Waals surface area contributed by atoms with Crippen molar-refractivity contribution >= 4 is 16.6 Å². The van der Waals surface area contributed by atoms with Crippen LogP contribution in [0.25, 0.3) is 10.9 Å². The van der Waals surface area contributed by atoms with Gasteiger partial charge in [0.1, 0.15) is 11.4 Å². The first-order valence-corrected chi connectivity index (χ1v) is 7.16. The number of aromatic nitrogens is 2. The molecule has 0 atom stereocenters. The predicted molar refractivity (Wildman–Crippen MR) is 84.8 cm³/mol. The summed E-state index contributed by atoms with van der Waals surface area (Å²) < 4.78 is 38.3. The number of anilines is 1. The van der Waals surface area contributed by atoms with Gasteiger partial charge >= 0.3 is 6.18 Å². The van der Waals surface area contributed by atoms with Gasteiger partial charge in [0.15, 0.2) is 0 Å². The van der Waals surface area contributed by atoms with Crippen molar-refractivity contribution in [3.63, 3.8) is 0 Å². The molecule has 0 radical (unpaired) electrons. The van der Waals surface area contributed by atoms with Gasteiger partial charge in [0.2, 0.25) is 0 Å². The predicted octanol–water partition coefficient (Wildman–Crippen LogP) is 3.99. The molecule has 0 unspecified atom stereocenters. The largest absolute Gasteiger partial charge is 0.508 e. The van der Waals surface area contributed by atoms with Gasteiger partial charge in [-0.25, -0.2) is 4.98 Å².